The number of nitrogens with two attached hydrogens (primary N) is 1. The van der Waals surface area contributed by atoms with Crippen molar-refractivity contribution in [3.8, 4) is 5.88 Å². The fraction of sp³-hybridized carbons (Fsp3) is 0.214. The third kappa shape index (κ3) is 2.82. The standard InChI is InChI=1S/C14H16N2O/c1-17-14-8-6-12-10-11(4-2-3-9-15)5-7-13(12)16-14/h2,4-8,10H,3,9,15H2,1H3. The SMILES string of the molecule is COc1ccc2cc(C=CCCN)ccc2n1. The molecule has 0 aliphatic rings. The van der Waals surface area contributed by atoms with E-state index in [4.69, 9.17) is 10.5 Å². The van der Waals surface area contributed by atoms with Gasteiger partial charge in [-0.2, -0.15) is 0 Å². The molecule has 0 atom stereocenters. The molecule has 0 bridgehead atoms. The molecule has 2 aromatic rings. The Bertz CT molecular complexity index is 535. The summed E-state index contributed by atoms with van der Waals surface area (Å²) in [6.07, 6.45) is 5.06. The van der Waals surface area contributed by atoms with Gasteiger partial charge in [-0.3, -0.25) is 0 Å². The average Bonchev–Trinajstić information content (AvgIpc) is 2.38. The minimum atomic E-state index is 0.643. The van der Waals surface area contributed by atoms with Gasteiger partial charge in [0.15, 0.2) is 0 Å². The van der Waals surface area contributed by atoms with E-state index in [9.17, 15) is 0 Å². The normalized spacial score (nSPS) is 11.2. The number of aromatic nitrogens is 1. The third-order valence-electron chi connectivity index (χ3n) is 2.54. The zero-order valence-corrected chi connectivity index (χ0v) is 9.89. The second-order valence-electron chi connectivity index (χ2n) is 3.79. The van der Waals surface area contributed by atoms with Gasteiger partial charge < -0.3 is 10.5 Å². The Morgan fingerprint density at radius 2 is 2.18 bits per heavy atom. The largest absolute Gasteiger partial charge is 0.481 e. The lowest BCUT2D eigenvalue weighted by Gasteiger charge is -2.02. The van der Waals surface area contributed by atoms with Crippen molar-refractivity contribution in [2.75, 3.05) is 13.7 Å². The Morgan fingerprint density at radius 1 is 1.29 bits per heavy atom. The van der Waals surface area contributed by atoms with Crippen LogP contribution < -0.4 is 10.5 Å². The minimum absolute atomic E-state index is 0.643. The molecule has 0 radical (unpaired) electrons. The number of methoxy groups -OCH3 is 1. The van der Waals surface area contributed by atoms with Crippen molar-refractivity contribution in [1.82, 2.24) is 4.98 Å². The first-order chi connectivity index (χ1) is 8.33. The Hall–Kier alpha value is -1.87. The molecule has 0 fully saturated rings. The molecule has 0 saturated carbocycles. The van der Waals surface area contributed by atoms with E-state index >= 15 is 0 Å². The van der Waals surface area contributed by atoms with Crippen LogP contribution in [0, 0.1) is 0 Å². The Balaban J connectivity index is 2.31. The van der Waals surface area contributed by atoms with Crippen LogP contribution in [0.25, 0.3) is 17.0 Å². The zero-order valence-electron chi connectivity index (χ0n) is 9.89. The highest BCUT2D eigenvalue weighted by molar-refractivity contribution is 5.81. The molecular weight excluding hydrogens is 212 g/mol. The molecule has 0 amide bonds. The predicted octanol–water partition coefficient (Wildman–Crippen LogP) is 2.61. The summed E-state index contributed by atoms with van der Waals surface area (Å²) >= 11 is 0. The molecule has 3 nitrogen and oxygen atoms in total. The van der Waals surface area contributed by atoms with Crippen molar-refractivity contribution in [3.63, 3.8) is 0 Å². The van der Waals surface area contributed by atoms with Gasteiger partial charge in [0.1, 0.15) is 0 Å². The molecule has 1 heterocycles. The highest BCUT2D eigenvalue weighted by atomic mass is 16.5. The molecule has 3 heteroatoms. The van der Waals surface area contributed by atoms with Gasteiger partial charge in [0.05, 0.1) is 12.6 Å². The van der Waals surface area contributed by atoms with Crippen molar-refractivity contribution in [1.29, 1.82) is 0 Å². The van der Waals surface area contributed by atoms with Crippen LogP contribution in [-0.4, -0.2) is 18.6 Å². The molecule has 2 rings (SSSR count). The number of benzene rings is 1. The van der Waals surface area contributed by atoms with E-state index < -0.39 is 0 Å². The van der Waals surface area contributed by atoms with Crippen LogP contribution in [0.3, 0.4) is 0 Å². The van der Waals surface area contributed by atoms with Gasteiger partial charge in [-0.15, -0.1) is 0 Å². The molecule has 0 aliphatic carbocycles. The third-order valence-corrected chi connectivity index (χ3v) is 2.54. The summed E-state index contributed by atoms with van der Waals surface area (Å²) < 4.78 is 5.09. The van der Waals surface area contributed by atoms with Crippen molar-refractivity contribution in [3.05, 3.63) is 42.0 Å². The van der Waals surface area contributed by atoms with Gasteiger partial charge in [-0.25, -0.2) is 4.98 Å². The number of hydrogen-bond acceptors (Lipinski definition) is 3. The first-order valence-electron chi connectivity index (χ1n) is 5.65. The minimum Gasteiger partial charge on any atom is -0.481 e. The summed E-state index contributed by atoms with van der Waals surface area (Å²) in [5, 5.41) is 1.11. The quantitative estimate of drug-likeness (QED) is 0.875. The lowest BCUT2D eigenvalue weighted by molar-refractivity contribution is 0.399. The van der Waals surface area contributed by atoms with E-state index in [0.717, 1.165) is 22.9 Å². The van der Waals surface area contributed by atoms with Gasteiger partial charge in [-0.05, 0) is 36.7 Å². The summed E-state index contributed by atoms with van der Waals surface area (Å²) in [5.74, 6) is 0.643. The fourth-order valence-corrected chi connectivity index (χ4v) is 1.66. The number of ether oxygens (including phenoxy) is 1. The lowest BCUT2D eigenvalue weighted by atomic mass is 10.1. The maximum Gasteiger partial charge on any atom is 0.213 e. The van der Waals surface area contributed by atoms with Crippen molar-refractivity contribution >= 4 is 17.0 Å². The van der Waals surface area contributed by atoms with E-state index in [1.165, 1.54) is 0 Å². The highest BCUT2D eigenvalue weighted by Gasteiger charge is 1.98. The second kappa shape index (κ2) is 5.46. The zero-order chi connectivity index (χ0) is 12.1. The van der Waals surface area contributed by atoms with E-state index in [1.54, 1.807) is 7.11 Å². The molecular formula is C14H16N2O. The van der Waals surface area contributed by atoms with E-state index in [0.29, 0.717) is 12.4 Å². The summed E-state index contributed by atoms with van der Waals surface area (Å²) in [7, 11) is 1.62. The van der Waals surface area contributed by atoms with Gasteiger partial charge in [0, 0.05) is 11.5 Å². The van der Waals surface area contributed by atoms with Gasteiger partial charge in [0.2, 0.25) is 5.88 Å². The number of rotatable bonds is 4. The van der Waals surface area contributed by atoms with Gasteiger partial charge in [0.25, 0.3) is 0 Å². The van der Waals surface area contributed by atoms with E-state index in [-0.39, 0.29) is 0 Å². The van der Waals surface area contributed by atoms with E-state index in [2.05, 4.69) is 23.2 Å². The smallest absolute Gasteiger partial charge is 0.213 e. The van der Waals surface area contributed by atoms with Crippen LogP contribution >= 0.6 is 0 Å². The molecule has 1 aromatic carbocycles. The summed E-state index contributed by atoms with van der Waals surface area (Å²) in [6.45, 7) is 0.683. The number of nitrogens with zero attached hydrogens (tertiary/aromatic N) is 1. The monoisotopic (exact) mass is 228 g/mol. The Morgan fingerprint density at radius 3 is 2.94 bits per heavy atom. The molecule has 0 spiro atoms. The number of fused-ring (bicyclic) bond motifs is 1. The molecule has 2 N–H and O–H groups in total. The van der Waals surface area contributed by atoms with Crippen LogP contribution in [0.4, 0.5) is 0 Å². The number of pyridine rings is 1. The first-order valence-corrected chi connectivity index (χ1v) is 5.65. The topological polar surface area (TPSA) is 48.1 Å². The molecule has 0 aliphatic heterocycles. The molecule has 0 saturated heterocycles. The summed E-state index contributed by atoms with van der Waals surface area (Å²) in [6, 6.07) is 10.0. The van der Waals surface area contributed by atoms with Gasteiger partial charge in [-0.1, -0.05) is 18.2 Å². The van der Waals surface area contributed by atoms with Crippen molar-refractivity contribution in [2.45, 2.75) is 6.42 Å². The predicted molar refractivity (Wildman–Crippen MR) is 71.0 cm³/mol. The van der Waals surface area contributed by atoms with Crippen molar-refractivity contribution in [2.24, 2.45) is 5.73 Å². The first kappa shape index (κ1) is 11.6. The van der Waals surface area contributed by atoms with E-state index in [1.807, 2.05) is 24.3 Å². The number of hydrogen-bond donors (Lipinski definition) is 1. The van der Waals surface area contributed by atoms with Crippen LogP contribution in [0.5, 0.6) is 5.88 Å². The molecule has 1 aromatic heterocycles. The average molecular weight is 228 g/mol. The van der Waals surface area contributed by atoms with Crippen molar-refractivity contribution < 1.29 is 4.74 Å². The summed E-state index contributed by atoms with van der Waals surface area (Å²) in [5.41, 5.74) is 7.55. The summed E-state index contributed by atoms with van der Waals surface area (Å²) in [4.78, 5) is 4.36. The maximum absolute atomic E-state index is 5.44. The Labute approximate surface area is 101 Å². The highest BCUT2D eigenvalue weighted by Crippen LogP contribution is 2.18. The second-order valence-corrected chi connectivity index (χ2v) is 3.79. The van der Waals surface area contributed by atoms with Crippen LogP contribution in [-0.2, 0) is 0 Å². The maximum atomic E-state index is 5.44. The van der Waals surface area contributed by atoms with Crippen LogP contribution in [0.15, 0.2) is 36.4 Å². The van der Waals surface area contributed by atoms with Crippen LogP contribution in [0.1, 0.15) is 12.0 Å². The fourth-order valence-electron chi connectivity index (χ4n) is 1.66. The Kier molecular flexibility index (Phi) is 3.73. The van der Waals surface area contributed by atoms with Crippen LogP contribution in [0.2, 0.25) is 0 Å². The molecule has 17 heavy (non-hydrogen) atoms. The van der Waals surface area contributed by atoms with Gasteiger partial charge >= 0.3 is 0 Å². The molecule has 88 valence electrons. The molecule has 0 unspecified atom stereocenters. The lowest BCUT2D eigenvalue weighted by Crippen LogP contribution is -1.94.